The highest BCUT2D eigenvalue weighted by molar-refractivity contribution is 5.68. The average molecular weight is 340 g/mol. The van der Waals surface area contributed by atoms with E-state index in [-0.39, 0.29) is 23.7 Å². The van der Waals surface area contributed by atoms with Crippen molar-refractivity contribution in [3.63, 3.8) is 0 Å². The number of rotatable bonds is 3. The highest BCUT2D eigenvalue weighted by atomic mass is 19.4. The van der Waals surface area contributed by atoms with Gasteiger partial charge >= 0.3 is 6.18 Å². The van der Waals surface area contributed by atoms with E-state index in [1.54, 1.807) is 17.8 Å². The molecule has 2 heterocycles. The number of nitrogens with zero attached hydrogens (tertiary/aromatic N) is 4. The summed E-state index contributed by atoms with van der Waals surface area (Å²) in [6.45, 7) is 2.79. The maximum atomic E-state index is 13.2. The van der Waals surface area contributed by atoms with Gasteiger partial charge in [-0.2, -0.15) is 23.5 Å². The summed E-state index contributed by atoms with van der Waals surface area (Å²) >= 11 is 0. The molecule has 3 rings (SSSR count). The van der Waals surface area contributed by atoms with Crippen molar-refractivity contribution in [2.75, 3.05) is 0 Å². The van der Waals surface area contributed by atoms with Crippen LogP contribution in [-0.4, -0.2) is 26.2 Å². The minimum Gasteiger partial charge on any atom is -0.375 e. The topological polar surface area (TPSA) is 87.9 Å². The summed E-state index contributed by atoms with van der Waals surface area (Å²) in [4.78, 5) is 0. The van der Waals surface area contributed by atoms with Crippen molar-refractivity contribution in [2.24, 2.45) is 0 Å². The fourth-order valence-electron chi connectivity index (χ4n) is 2.91. The van der Waals surface area contributed by atoms with Gasteiger partial charge in [-0.15, -0.1) is 0 Å². The molecule has 0 amide bonds. The van der Waals surface area contributed by atoms with E-state index in [0.717, 1.165) is 0 Å². The van der Waals surface area contributed by atoms with Crippen LogP contribution in [0.5, 0.6) is 0 Å². The molecule has 0 aromatic carbocycles. The van der Waals surface area contributed by atoms with E-state index in [1.807, 2.05) is 6.07 Å². The molecule has 0 bridgehead atoms. The molecule has 1 N–H and O–H groups in total. The van der Waals surface area contributed by atoms with Crippen LogP contribution >= 0.6 is 0 Å². The number of hydrogen-bond acceptors (Lipinski definition) is 5. The number of hydrogen-bond donors (Lipinski definition) is 1. The Morgan fingerprint density at radius 3 is 2.83 bits per heavy atom. The molecular formula is C15H15F3N4O2. The third-order valence-corrected chi connectivity index (χ3v) is 4.27. The second kappa shape index (κ2) is 5.34. The van der Waals surface area contributed by atoms with E-state index in [2.05, 4.69) is 10.3 Å². The zero-order valence-electron chi connectivity index (χ0n) is 13.1. The van der Waals surface area contributed by atoms with Crippen LogP contribution in [0.2, 0.25) is 0 Å². The van der Waals surface area contributed by atoms with Crippen molar-refractivity contribution >= 4 is 0 Å². The normalized spacial score (nSPS) is 19.3. The van der Waals surface area contributed by atoms with Gasteiger partial charge in [-0.25, -0.2) is 0 Å². The van der Waals surface area contributed by atoms with Gasteiger partial charge in [0.25, 0.3) is 0 Å². The molecule has 0 saturated carbocycles. The van der Waals surface area contributed by atoms with Gasteiger partial charge in [0.2, 0.25) is 5.60 Å². The number of aliphatic hydroxyl groups is 1. The van der Waals surface area contributed by atoms with Gasteiger partial charge in [-0.3, -0.25) is 4.68 Å². The van der Waals surface area contributed by atoms with Gasteiger partial charge in [0.15, 0.2) is 5.76 Å². The Morgan fingerprint density at radius 2 is 2.21 bits per heavy atom. The first-order valence-electron chi connectivity index (χ1n) is 7.39. The van der Waals surface area contributed by atoms with Crippen LogP contribution < -0.4 is 0 Å². The van der Waals surface area contributed by atoms with Crippen molar-refractivity contribution in [3.8, 4) is 17.4 Å². The molecule has 9 heteroatoms. The monoisotopic (exact) mass is 340 g/mol. The van der Waals surface area contributed by atoms with Gasteiger partial charge in [-0.05, 0) is 19.3 Å². The SMILES string of the molecule is C[C@@H]1Cc2nn(CCC#N)cc2-c2onc([C@](C)(O)C(F)(F)F)c21. The first-order valence-corrected chi connectivity index (χ1v) is 7.39. The summed E-state index contributed by atoms with van der Waals surface area (Å²) < 4.78 is 46.2. The second-order valence-corrected chi connectivity index (χ2v) is 6.11. The minimum absolute atomic E-state index is 0.200. The summed E-state index contributed by atoms with van der Waals surface area (Å²) in [6, 6.07) is 2.01. The molecule has 1 aliphatic rings. The van der Waals surface area contributed by atoms with Crippen LogP contribution in [0.25, 0.3) is 11.3 Å². The fraction of sp³-hybridized carbons (Fsp3) is 0.533. The lowest BCUT2D eigenvalue weighted by molar-refractivity contribution is -0.261. The molecule has 0 unspecified atom stereocenters. The maximum absolute atomic E-state index is 13.2. The van der Waals surface area contributed by atoms with E-state index in [1.165, 1.54) is 0 Å². The molecule has 0 radical (unpaired) electrons. The second-order valence-electron chi connectivity index (χ2n) is 6.11. The van der Waals surface area contributed by atoms with Gasteiger partial charge < -0.3 is 9.63 Å². The molecule has 6 nitrogen and oxygen atoms in total. The summed E-state index contributed by atoms with van der Waals surface area (Å²) in [7, 11) is 0. The number of alkyl halides is 3. The molecule has 1 aliphatic carbocycles. The zero-order chi connectivity index (χ0) is 17.7. The molecule has 24 heavy (non-hydrogen) atoms. The Bertz CT molecular complexity index is 814. The van der Waals surface area contributed by atoms with Crippen LogP contribution in [0.1, 0.15) is 43.1 Å². The van der Waals surface area contributed by atoms with Crippen LogP contribution in [0.4, 0.5) is 13.2 Å². The van der Waals surface area contributed by atoms with Gasteiger partial charge in [0.05, 0.1) is 30.3 Å². The molecule has 0 saturated heterocycles. The van der Waals surface area contributed by atoms with Gasteiger partial charge in [-0.1, -0.05) is 12.1 Å². The Hall–Kier alpha value is -2.34. The number of fused-ring (bicyclic) bond motifs is 3. The average Bonchev–Trinajstić information content (AvgIpc) is 3.07. The maximum Gasteiger partial charge on any atom is 0.422 e. The predicted molar refractivity (Wildman–Crippen MR) is 75.7 cm³/mol. The van der Waals surface area contributed by atoms with Crippen molar-refractivity contribution in [2.45, 2.75) is 50.9 Å². The molecule has 2 aromatic heterocycles. The molecule has 2 aromatic rings. The quantitative estimate of drug-likeness (QED) is 0.928. The van der Waals surface area contributed by atoms with Crippen molar-refractivity contribution < 1.29 is 22.8 Å². The molecular weight excluding hydrogens is 325 g/mol. The number of nitriles is 1. The highest BCUT2D eigenvalue weighted by Gasteiger charge is 2.55. The molecule has 0 fully saturated rings. The fourth-order valence-corrected chi connectivity index (χ4v) is 2.91. The van der Waals surface area contributed by atoms with Crippen LogP contribution in [0, 0.1) is 11.3 Å². The smallest absolute Gasteiger partial charge is 0.375 e. The van der Waals surface area contributed by atoms with Crippen molar-refractivity contribution in [1.29, 1.82) is 5.26 Å². The standard InChI is InChI=1S/C15H15F3N4O2/c1-8-6-10-9(7-22(20-10)5-3-4-19)12-11(8)13(21-24-12)14(2,23)15(16,17)18/h7-8,23H,3,5-6H2,1-2H3/t8-,14+/m1/s1. The summed E-state index contributed by atoms with van der Waals surface area (Å²) in [5.74, 6) is -0.131. The summed E-state index contributed by atoms with van der Waals surface area (Å²) in [6.07, 6.45) is -2.55. The van der Waals surface area contributed by atoms with Gasteiger partial charge in [0, 0.05) is 11.8 Å². The Labute approximate surface area is 135 Å². The molecule has 2 atom stereocenters. The lowest BCUT2D eigenvalue weighted by Crippen LogP contribution is -2.40. The lowest BCUT2D eigenvalue weighted by atomic mass is 9.82. The van der Waals surface area contributed by atoms with E-state index < -0.39 is 17.5 Å². The highest BCUT2D eigenvalue weighted by Crippen LogP contribution is 2.47. The van der Waals surface area contributed by atoms with E-state index in [0.29, 0.717) is 31.1 Å². The predicted octanol–water partition coefficient (Wildman–Crippen LogP) is 2.88. The van der Waals surface area contributed by atoms with E-state index in [4.69, 9.17) is 9.78 Å². The van der Waals surface area contributed by atoms with Gasteiger partial charge in [0.1, 0.15) is 5.69 Å². The minimum atomic E-state index is -4.87. The lowest BCUT2D eigenvalue weighted by Gasteiger charge is -2.27. The van der Waals surface area contributed by atoms with Crippen LogP contribution in [0.3, 0.4) is 0 Å². The molecule has 0 aliphatic heterocycles. The van der Waals surface area contributed by atoms with Crippen LogP contribution in [0.15, 0.2) is 10.7 Å². The largest absolute Gasteiger partial charge is 0.422 e. The first-order chi connectivity index (χ1) is 11.2. The third kappa shape index (κ3) is 2.38. The van der Waals surface area contributed by atoms with Crippen LogP contribution in [-0.2, 0) is 18.6 Å². The number of aromatic nitrogens is 3. The summed E-state index contributed by atoms with van der Waals surface area (Å²) in [5, 5.41) is 26.5. The van der Waals surface area contributed by atoms with Crippen molar-refractivity contribution in [3.05, 3.63) is 23.1 Å². The Morgan fingerprint density at radius 1 is 1.50 bits per heavy atom. The molecule has 0 spiro atoms. The van der Waals surface area contributed by atoms with Crippen molar-refractivity contribution in [1.82, 2.24) is 14.9 Å². The Balaban J connectivity index is 2.09. The zero-order valence-corrected chi connectivity index (χ0v) is 13.1. The Kier molecular flexibility index (Phi) is 3.68. The molecule has 128 valence electrons. The van der Waals surface area contributed by atoms with E-state index >= 15 is 0 Å². The first kappa shape index (κ1) is 16.5. The third-order valence-electron chi connectivity index (χ3n) is 4.27. The number of aryl methyl sites for hydroxylation is 1. The number of halogens is 3. The van der Waals surface area contributed by atoms with E-state index in [9.17, 15) is 18.3 Å². The summed E-state index contributed by atoms with van der Waals surface area (Å²) in [5.41, 5.74) is -2.11.